The van der Waals surface area contributed by atoms with Crippen LogP contribution in [-0.4, -0.2) is 6.71 Å². The van der Waals surface area contributed by atoms with Crippen molar-refractivity contribution in [1.82, 2.24) is 0 Å². The Hall–Kier alpha value is -7.14. The van der Waals surface area contributed by atoms with Crippen LogP contribution in [0.4, 0.5) is 34.1 Å². The van der Waals surface area contributed by atoms with Crippen molar-refractivity contribution < 1.29 is 0 Å². The topological polar surface area (TPSA) is 6.48 Å². The van der Waals surface area contributed by atoms with E-state index >= 15 is 0 Å². The zero-order chi connectivity index (χ0) is 51.7. The molecule has 2 nitrogen and oxygen atoms in total. The maximum atomic E-state index is 2.75. The van der Waals surface area contributed by atoms with E-state index in [1.165, 1.54) is 149 Å². The lowest BCUT2D eigenvalue weighted by Gasteiger charge is -2.49. The third-order valence-corrected chi connectivity index (χ3v) is 19.9. The number of rotatable bonds is 4. The standard InChI is InChI=1S/C71H65BN2S/c1-42-22-21-23-43(2)66(42)46-35-62-67-63(36-46)74(59-39-53-52(34-44(59)3)68(4,5)32-33-69(53,6)7)60-40-55-54(70(8,9)50-28-17-18-29-51(50)71(55,10)11)38-57(60)72(67)56-37-49-48-27-16-20-31-64(48)75-65(49)41-61(56)73(62)58-30-19-15-26-47(58)45-24-13-12-14-25-45/h12-31,34-41H,32-33H2,1-11H3. The Morgan fingerprint density at radius 3 is 1.63 bits per heavy atom. The molecule has 14 rings (SSSR count). The van der Waals surface area contributed by atoms with Gasteiger partial charge in [-0.1, -0.05) is 183 Å². The van der Waals surface area contributed by atoms with Gasteiger partial charge in [-0.15, -0.1) is 11.3 Å². The van der Waals surface area contributed by atoms with Gasteiger partial charge in [0, 0.05) is 59.6 Å². The molecular weight excluding hydrogens is 924 g/mol. The normalized spacial score (nSPS) is 17.0. The number of aryl methyl sites for hydroxylation is 3. The molecule has 0 radical (unpaired) electrons. The second-order valence-corrected chi connectivity index (χ2v) is 26.0. The van der Waals surface area contributed by atoms with Gasteiger partial charge in [0.1, 0.15) is 0 Å². The molecule has 0 atom stereocenters. The van der Waals surface area contributed by atoms with Gasteiger partial charge in [0.15, 0.2) is 0 Å². The van der Waals surface area contributed by atoms with Crippen molar-refractivity contribution in [1.29, 1.82) is 0 Å². The van der Waals surface area contributed by atoms with Crippen molar-refractivity contribution in [2.45, 2.75) is 111 Å². The van der Waals surface area contributed by atoms with Gasteiger partial charge in [-0.2, -0.15) is 0 Å². The summed E-state index contributed by atoms with van der Waals surface area (Å²) in [7, 11) is 0. The fraction of sp³-hybridized carbons (Fsp3) is 0.239. The van der Waals surface area contributed by atoms with Gasteiger partial charge in [-0.25, -0.2) is 0 Å². The molecule has 2 aliphatic heterocycles. The molecule has 4 aliphatic rings. The minimum atomic E-state index is -0.241. The highest BCUT2D eigenvalue weighted by Crippen LogP contribution is 2.56. The van der Waals surface area contributed by atoms with E-state index in [0.29, 0.717) is 0 Å². The summed E-state index contributed by atoms with van der Waals surface area (Å²) in [5.41, 5.74) is 28.7. The van der Waals surface area contributed by atoms with Crippen LogP contribution in [0, 0.1) is 20.8 Å². The maximum Gasteiger partial charge on any atom is 0.252 e. The molecule has 0 saturated heterocycles. The Morgan fingerprint density at radius 1 is 0.387 bits per heavy atom. The Balaban J connectivity index is 1.18. The van der Waals surface area contributed by atoms with Crippen LogP contribution in [0.3, 0.4) is 0 Å². The van der Waals surface area contributed by atoms with Crippen molar-refractivity contribution in [2.75, 3.05) is 9.80 Å². The first-order valence-electron chi connectivity index (χ1n) is 27.3. The Bertz CT molecular complexity index is 4050. The third-order valence-electron chi connectivity index (χ3n) is 18.7. The summed E-state index contributed by atoms with van der Waals surface area (Å²) in [5.74, 6) is 0. The number of nitrogens with zero attached hydrogens (tertiary/aromatic N) is 2. The molecule has 0 N–H and O–H groups in total. The van der Waals surface area contributed by atoms with Crippen LogP contribution in [0.2, 0.25) is 0 Å². The number of benzene rings is 9. The summed E-state index contributed by atoms with van der Waals surface area (Å²) in [5, 5.41) is 2.65. The summed E-state index contributed by atoms with van der Waals surface area (Å²) in [6.07, 6.45) is 2.33. The van der Waals surface area contributed by atoms with Gasteiger partial charge >= 0.3 is 0 Å². The van der Waals surface area contributed by atoms with E-state index in [1.54, 1.807) is 0 Å². The number of anilines is 6. The quantitative estimate of drug-likeness (QED) is 0.162. The van der Waals surface area contributed by atoms with E-state index in [-0.39, 0.29) is 28.4 Å². The van der Waals surface area contributed by atoms with Gasteiger partial charge in [-0.3, -0.25) is 0 Å². The smallest absolute Gasteiger partial charge is 0.252 e. The van der Waals surface area contributed by atoms with Crippen LogP contribution in [0.1, 0.15) is 118 Å². The van der Waals surface area contributed by atoms with Crippen LogP contribution >= 0.6 is 11.3 Å². The average molecular weight is 989 g/mol. The van der Waals surface area contributed by atoms with Crippen LogP contribution in [-0.2, 0) is 21.7 Å². The zero-order valence-corrected chi connectivity index (χ0v) is 46.3. The van der Waals surface area contributed by atoms with Crippen LogP contribution in [0.15, 0.2) is 170 Å². The molecule has 0 saturated carbocycles. The van der Waals surface area contributed by atoms with Gasteiger partial charge in [-0.05, 0) is 175 Å². The number of hydrogen-bond acceptors (Lipinski definition) is 3. The second kappa shape index (κ2) is 15.9. The minimum absolute atomic E-state index is 0.0190. The number of fused-ring (bicyclic) bond motifs is 10. The van der Waals surface area contributed by atoms with E-state index < -0.39 is 0 Å². The first-order chi connectivity index (χ1) is 35.9. The second-order valence-electron chi connectivity index (χ2n) is 24.9. The highest BCUT2D eigenvalue weighted by atomic mass is 32.1. The van der Waals surface area contributed by atoms with Crippen molar-refractivity contribution in [3.8, 4) is 22.3 Å². The average Bonchev–Trinajstić information content (AvgIpc) is 3.82. The Labute approximate surface area is 448 Å². The summed E-state index contributed by atoms with van der Waals surface area (Å²) < 4.78 is 2.63. The van der Waals surface area contributed by atoms with Crippen LogP contribution in [0.25, 0.3) is 42.4 Å². The first kappa shape index (κ1) is 46.4. The van der Waals surface area contributed by atoms with Crippen molar-refractivity contribution >= 4 is 88.7 Å². The molecule has 0 spiro atoms. The lowest BCUT2D eigenvalue weighted by molar-refractivity contribution is 0.332. The monoisotopic (exact) mass is 988 g/mol. The van der Waals surface area contributed by atoms with Gasteiger partial charge < -0.3 is 9.80 Å². The fourth-order valence-electron chi connectivity index (χ4n) is 14.6. The van der Waals surface area contributed by atoms with E-state index in [9.17, 15) is 0 Å². The van der Waals surface area contributed by atoms with E-state index in [0.717, 1.165) is 6.42 Å². The van der Waals surface area contributed by atoms with Crippen molar-refractivity contribution in [3.05, 3.63) is 220 Å². The van der Waals surface area contributed by atoms with Gasteiger partial charge in [0.05, 0.1) is 5.69 Å². The molecule has 0 fully saturated rings. The molecule has 3 heterocycles. The van der Waals surface area contributed by atoms with Crippen molar-refractivity contribution in [2.24, 2.45) is 0 Å². The molecule has 1 aromatic heterocycles. The number of para-hydroxylation sites is 1. The lowest BCUT2D eigenvalue weighted by atomic mass is 9.33. The summed E-state index contributed by atoms with van der Waals surface area (Å²) in [4.78, 5) is 5.42. The highest BCUT2D eigenvalue weighted by molar-refractivity contribution is 7.26. The highest BCUT2D eigenvalue weighted by Gasteiger charge is 2.49. The summed E-state index contributed by atoms with van der Waals surface area (Å²) >= 11 is 1.92. The van der Waals surface area contributed by atoms with Gasteiger partial charge in [0.2, 0.25) is 0 Å². The van der Waals surface area contributed by atoms with E-state index in [2.05, 4.69) is 256 Å². The summed E-state index contributed by atoms with van der Waals surface area (Å²) in [6.45, 7) is 26.7. The maximum absolute atomic E-state index is 2.75. The first-order valence-corrected chi connectivity index (χ1v) is 28.1. The molecule has 0 unspecified atom stereocenters. The van der Waals surface area contributed by atoms with Crippen LogP contribution < -0.4 is 26.2 Å². The molecule has 4 heteroatoms. The number of hydrogen-bond donors (Lipinski definition) is 0. The molecule has 2 aliphatic carbocycles. The Morgan fingerprint density at radius 2 is 0.933 bits per heavy atom. The largest absolute Gasteiger partial charge is 0.311 e. The molecule has 10 aromatic rings. The Kier molecular flexibility index (Phi) is 9.87. The fourth-order valence-corrected chi connectivity index (χ4v) is 15.7. The van der Waals surface area contributed by atoms with Crippen molar-refractivity contribution in [3.63, 3.8) is 0 Å². The van der Waals surface area contributed by atoms with Crippen LogP contribution in [0.5, 0.6) is 0 Å². The molecule has 0 bridgehead atoms. The molecule has 75 heavy (non-hydrogen) atoms. The predicted octanol–water partition coefficient (Wildman–Crippen LogP) is 17.7. The predicted molar refractivity (Wildman–Crippen MR) is 324 cm³/mol. The van der Waals surface area contributed by atoms with E-state index in [4.69, 9.17) is 0 Å². The molecule has 0 amide bonds. The third kappa shape index (κ3) is 6.57. The molecular formula is C71H65BN2S. The zero-order valence-electron chi connectivity index (χ0n) is 45.5. The van der Waals surface area contributed by atoms with Gasteiger partial charge in [0.25, 0.3) is 6.71 Å². The molecule has 368 valence electrons. The minimum Gasteiger partial charge on any atom is -0.311 e. The number of thiophene rings is 1. The van der Waals surface area contributed by atoms with E-state index in [1.807, 2.05) is 11.3 Å². The lowest BCUT2D eigenvalue weighted by Crippen LogP contribution is -2.62. The summed E-state index contributed by atoms with van der Waals surface area (Å²) in [6, 6.07) is 66.2. The molecule has 9 aromatic carbocycles. The SMILES string of the molecule is Cc1cc2c(cc1N1c3cc4c(cc3B3c5cc6c(cc5N(c5ccccc5-c5ccccc5)c5cc(-c7c(C)cccc7C)cc1c53)sc1ccccc16)C(C)(C)c1ccccc1C4(C)C)C(C)(C)CCC2(C)C.